The quantitative estimate of drug-likeness (QED) is 0.729. The summed E-state index contributed by atoms with van der Waals surface area (Å²) in [5.41, 5.74) is 1.61. The fraction of sp³-hybridized carbons (Fsp3) is 0.182. The summed E-state index contributed by atoms with van der Waals surface area (Å²) in [7, 11) is 0. The molecule has 1 atom stereocenters. The highest BCUT2D eigenvalue weighted by molar-refractivity contribution is 5.84. The Morgan fingerprint density at radius 2 is 2.17 bits per heavy atom. The Morgan fingerprint density at radius 3 is 2.83 bits per heavy atom. The molecule has 0 amide bonds. The number of anilines is 1. The minimum Gasteiger partial charge on any atom is -0.481 e. The zero-order valence-electron chi connectivity index (χ0n) is 9.16. The van der Waals surface area contributed by atoms with Crippen LogP contribution in [0.1, 0.15) is 6.42 Å². The summed E-state index contributed by atoms with van der Waals surface area (Å²) >= 11 is 0. The summed E-state index contributed by atoms with van der Waals surface area (Å²) in [5.74, 6) is -2.41. The number of nitrogens with zero attached hydrogens (tertiary/aromatic N) is 1. The summed E-state index contributed by atoms with van der Waals surface area (Å²) in [6, 6.07) is 3.65. The first kappa shape index (κ1) is 11.9. The lowest BCUT2D eigenvalue weighted by atomic mass is 10.2. The SMILES string of the molecule is O=C(O)CC(Nc1ccc2ncoc2c1)C(=O)O. The highest BCUT2D eigenvalue weighted by atomic mass is 16.4. The molecular weight excluding hydrogens is 240 g/mol. The first-order chi connectivity index (χ1) is 8.56. The normalized spacial score (nSPS) is 12.2. The van der Waals surface area contributed by atoms with Crippen LogP contribution in [0, 0.1) is 0 Å². The molecule has 0 saturated carbocycles. The first-order valence-corrected chi connectivity index (χ1v) is 5.10. The number of oxazole rings is 1. The van der Waals surface area contributed by atoms with Gasteiger partial charge >= 0.3 is 11.9 Å². The summed E-state index contributed by atoms with van der Waals surface area (Å²) in [4.78, 5) is 25.4. The van der Waals surface area contributed by atoms with Crippen molar-refractivity contribution in [3.05, 3.63) is 24.6 Å². The molecular formula is C11H10N2O5. The lowest BCUT2D eigenvalue weighted by Crippen LogP contribution is -2.31. The predicted molar refractivity (Wildman–Crippen MR) is 61.3 cm³/mol. The molecule has 0 aliphatic heterocycles. The molecule has 3 N–H and O–H groups in total. The van der Waals surface area contributed by atoms with E-state index >= 15 is 0 Å². The number of aromatic nitrogens is 1. The van der Waals surface area contributed by atoms with Crippen LogP contribution in [-0.2, 0) is 9.59 Å². The van der Waals surface area contributed by atoms with E-state index in [-0.39, 0.29) is 0 Å². The summed E-state index contributed by atoms with van der Waals surface area (Å²) in [5, 5.41) is 20.1. The van der Waals surface area contributed by atoms with E-state index in [4.69, 9.17) is 14.6 Å². The minimum atomic E-state index is -1.23. The van der Waals surface area contributed by atoms with Crippen LogP contribution in [0.3, 0.4) is 0 Å². The minimum absolute atomic E-state index is 0.466. The molecule has 7 heteroatoms. The van der Waals surface area contributed by atoms with Gasteiger partial charge in [0, 0.05) is 11.8 Å². The molecule has 1 aromatic carbocycles. The molecule has 0 saturated heterocycles. The van der Waals surface area contributed by atoms with Crippen molar-refractivity contribution in [3.8, 4) is 0 Å². The Labute approximate surface area is 101 Å². The Bertz CT molecular complexity index is 592. The van der Waals surface area contributed by atoms with Crippen LogP contribution in [0.5, 0.6) is 0 Å². The second-order valence-electron chi connectivity index (χ2n) is 3.67. The molecule has 7 nitrogen and oxygen atoms in total. The average Bonchev–Trinajstić information content (AvgIpc) is 2.74. The third-order valence-electron chi connectivity index (χ3n) is 2.35. The number of benzene rings is 1. The number of aliphatic carboxylic acids is 2. The second-order valence-corrected chi connectivity index (χ2v) is 3.67. The maximum Gasteiger partial charge on any atom is 0.326 e. The summed E-state index contributed by atoms with van der Waals surface area (Å²) in [6.07, 6.45) is 0.768. The van der Waals surface area contributed by atoms with Crippen LogP contribution in [0.2, 0.25) is 0 Å². The monoisotopic (exact) mass is 250 g/mol. The third kappa shape index (κ3) is 2.57. The van der Waals surface area contributed by atoms with Gasteiger partial charge in [0.2, 0.25) is 0 Å². The number of carboxylic acid groups (broad SMARTS) is 2. The summed E-state index contributed by atoms with van der Waals surface area (Å²) in [6.45, 7) is 0. The predicted octanol–water partition coefficient (Wildman–Crippen LogP) is 1.17. The molecule has 1 heterocycles. The Kier molecular flexibility index (Phi) is 3.13. The maximum atomic E-state index is 10.9. The van der Waals surface area contributed by atoms with Crippen molar-refractivity contribution in [2.45, 2.75) is 12.5 Å². The Morgan fingerprint density at radius 1 is 1.39 bits per heavy atom. The molecule has 0 spiro atoms. The third-order valence-corrected chi connectivity index (χ3v) is 2.35. The van der Waals surface area contributed by atoms with Gasteiger partial charge in [-0.05, 0) is 12.1 Å². The highest BCUT2D eigenvalue weighted by Gasteiger charge is 2.20. The number of fused-ring (bicyclic) bond motifs is 1. The first-order valence-electron chi connectivity index (χ1n) is 5.10. The number of carboxylic acids is 2. The molecule has 2 rings (SSSR count). The van der Waals surface area contributed by atoms with Crippen molar-refractivity contribution in [1.29, 1.82) is 0 Å². The van der Waals surface area contributed by atoms with E-state index in [0.29, 0.717) is 16.8 Å². The molecule has 0 fully saturated rings. The van der Waals surface area contributed by atoms with E-state index in [2.05, 4.69) is 10.3 Å². The van der Waals surface area contributed by atoms with Crippen LogP contribution in [0.25, 0.3) is 11.1 Å². The van der Waals surface area contributed by atoms with Crippen molar-refractivity contribution >= 4 is 28.7 Å². The Balaban J connectivity index is 2.19. The van der Waals surface area contributed by atoms with E-state index < -0.39 is 24.4 Å². The van der Waals surface area contributed by atoms with Gasteiger partial charge in [-0.25, -0.2) is 9.78 Å². The number of nitrogens with one attached hydrogen (secondary N) is 1. The standard InChI is InChI=1S/C11H10N2O5/c14-10(15)4-8(11(16)17)13-6-1-2-7-9(3-6)18-5-12-7/h1-3,5,8,13H,4H2,(H,14,15)(H,16,17). The molecule has 1 unspecified atom stereocenters. The van der Waals surface area contributed by atoms with Crippen molar-refractivity contribution < 1.29 is 24.2 Å². The van der Waals surface area contributed by atoms with Crippen LogP contribution in [0.15, 0.2) is 29.0 Å². The molecule has 0 radical (unpaired) electrons. The van der Waals surface area contributed by atoms with E-state index in [1.807, 2.05) is 0 Å². The van der Waals surface area contributed by atoms with Crippen molar-refractivity contribution in [2.75, 3.05) is 5.32 Å². The molecule has 1 aromatic heterocycles. The van der Waals surface area contributed by atoms with Crippen molar-refractivity contribution in [3.63, 3.8) is 0 Å². The van der Waals surface area contributed by atoms with Crippen LogP contribution in [0.4, 0.5) is 5.69 Å². The number of carbonyl (C=O) groups is 2. The van der Waals surface area contributed by atoms with E-state index in [1.165, 1.54) is 6.39 Å². The van der Waals surface area contributed by atoms with Gasteiger partial charge in [-0.1, -0.05) is 0 Å². The second kappa shape index (κ2) is 4.74. The van der Waals surface area contributed by atoms with Gasteiger partial charge in [0.05, 0.1) is 6.42 Å². The summed E-state index contributed by atoms with van der Waals surface area (Å²) < 4.78 is 5.07. The molecule has 94 valence electrons. The van der Waals surface area contributed by atoms with Gasteiger partial charge in [-0.2, -0.15) is 0 Å². The molecule has 0 aliphatic carbocycles. The van der Waals surface area contributed by atoms with Crippen LogP contribution < -0.4 is 5.32 Å². The fourth-order valence-corrected chi connectivity index (χ4v) is 1.52. The molecule has 0 bridgehead atoms. The van der Waals surface area contributed by atoms with Gasteiger partial charge in [0.1, 0.15) is 11.6 Å². The van der Waals surface area contributed by atoms with E-state index in [0.717, 1.165) is 0 Å². The van der Waals surface area contributed by atoms with E-state index in [9.17, 15) is 9.59 Å². The van der Waals surface area contributed by atoms with Gasteiger partial charge in [-0.15, -0.1) is 0 Å². The largest absolute Gasteiger partial charge is 0.481 e. The highest BCUT2D eigenvalue weighted by Crippen LogP contribution is 2.18. The number of hydrogen-bond acceptors (Lipinski definition) is 5. The van der Waals surface area contributed by atoms with Gasteiger partial charge in [-0.3, -0.25) is 4.79 Å². The molecule has 0 aliphatic rings. The zero-order chi connectivity index (χ0) is 13.1. The van der Waals surface area contributed by atoms with Crippen molar-refractivity contribution in [1.82, 2.24) is 4.98 Å². The molecule has 18 heavy (non-hydrogen) atoms. The lowest BCUT2D eigenvalue weighted by molar-refractivity contribution is -0.144. The van der Waals surface area contributed by atoms with Crippen molar-refractivity contribution in [2.24, 2.45) is 0 Å². The number of rotatable bonds is 5. The van der Waals surface area contributed by atoms with Gasteiger partial charge in [0.15, 0.2) is 12.0 Å². The number of hydrogen-bond donors (Lipinski definition) is 3. The van der Waals surface area contributed by atoms with Crippen LogP contribution in [-0.4, -0.2) is 33.2 Å². The zero-order valence-corrected chi connectivity index (χ0v) is 9.16. The van der Waals surface area contributed by atoms with Crippen LogP contribution >= 0.6 is 0 Å². The lowest BCUT2D eigenvalue weighted by Gasteiger charge is -2.13. The molecule has 2 aromatic rings. The topological polar surface area (TPSA) is 113 Å². The average molecular weight is 250 g/mol. The van der Waals surface area contributed by atoms with Gasteiger partial charge in [0.25, 0.3) is 0 Å². The van der Waals surface area contributed by atoms with E-state index in [1.54, 1.807) is 18.2 Å². The van der Waals surface area contributed by atoms with Gasteiger partial charge < -0.3 is 19.9 Å². The smallest absolute Gasteiger partial charge is 0.326 e. The maximum absolute atomic E-state index is 10.9. The fourth-order valence-electron chi connectivity index (χ4n) is 1.52. The Hall–Kier alpha value is -2.57.